The van der Waals surface area contributed by atoms with Gasteiger partial charge >= 0.3 is 6.18 Å². The molecule has 0 aliphatic carbocycles. The Kier molecular flexibility index (Phi) is 5.82. The molecule has 1 aliphatic heterocycles. The standard InChI is InChI=1S/C18H11F3INO2S2/c1-25-14-6-5-10(7-13(14)22)8-15-16(24)23(17(26)27-15)12-4-2-3-11(9-12)18(19,20)21/h2-9H,1H3/b15-8+. The van der Waals surface area contributed by atoms with Gasteiger partial charge in [-0.05, 0) is 64.6 Å². The van der Waals surface area contributed by atoms with Crippen molar-refractivity contribution in [1.82, 2.24) is 0 Å². The van der Waals surface area contributed by atoms with Crippen LogP contribution in [0.2, 0.25) is 0 Å². The topological polar surface area (TPSA) is 29.5 Å². The van der Waals surface area contributed by atoms with E-state index in [1.165, 1.54) is 12.1 Å². The lowest BCUT2D eigenvalue weighted by atomic mass is 10.1. The molecule has 0 atom stereocenters. The van der Waals surface area contributed by atoms with Crippen molar-refractivity contribution in [3.63, 3.8) is 0 Å². The molecule has 1 saturated heterocycles. The number of methoxy groups -OCH3 is 1. The summed E-state index contributed by atoms with van der Waals surface area (Å²) in [5.41, 5.74) is 0.0347. The smallest absolute Gasteiger partial charge is 0.416 e. The number of hydrogen-bond donors (Lipinski definition) is 0. The van der Waals surface area contributed by atoms with Gasteiger partial charge in [0, 0.05) is 0 Å². The Bertz CT molecular complexity index is 960. The van der Waals surface area contributed by atoms with Gasteiger partial charge in [-0.3, -0.25) is 9.69 Å². The third-order valence-corrected chi connectivity index (χ3v) is 5.84. The van der Waals surface area contributed by atoms with Gasteiger partial charge in [-0.15, -0.1) is 0 Å². The number of anilines is 1. The van der Waals surface area contributed by atoms with E-state index in [1.54, 1.807) is 25.3 Å². The number of carbonyl (C=O) groups is 1. The maximum Gasteiger partial charge on any atom is 0.416 e. The Balaban J connectivity index is 1.93. The second kappa shape index (κ2) is 7.80. The predicted molar refractivity (Wildman–Crippen MR) is 113 cm³/mol. The molecule has 0 radical (unpaired) electrons. The normalized spacial score (nSPS) is 16.3. The Morgan fingerprint density at radius 2 is 1.96 bits per heavy atom. The monoisotopic (exact) mass is 521 g/mol. The van der Waals surface area contributed by atoms with Crippen LogP contribution in [0.25, 0.3) is 6.08 Å². The van der Waals surface area contributed by atoms with Crippen molar-refractivity contribution in [3.05, 3.63) is 62.1 Å². The van der Waals surface area contributed by atoms with E-state index in [0.29, 0.717) is 10.7 Å². The number of hydrogen-bond acceptors (Lipinski definition) is 4. The summed E-state index contributed by atoms with van der Waals surface area (Å²) >= 11 is 8.39. The van der Waals surface area contributed by atoms with Crippen LogP contribution in [0.5, 0.6) is 5.75 Å². The van der Waals surface area contributed by atoms with Crippen molar-refractivity contribution in [1.29, 1.82) is 0 Å². The molecule has 2 aromatic carbocycles. The zero-order chi connectivity index (χ0) is 19.8. The maximum atomic E-state index is 12.9. The second-order valence-electron chi connectivity index (χ2n) is 5.46. The van der Waals surface area contributed by atoms with Gasteiger partial charge in [0.15, 0.2) is 4.32 Å². The van der Waals surface area contributed by atoms with E-state index in [-0.39, 0.29) is 10.0 Å². The number of amides is 1. The number of ether oxygens (including phenoxy) is 1. The number of rotatable bonds is 3. The van der Waals surface area contributed by atoms with Gasteiger partial charge in [0.1, 0.15) is 5.75 Å². The van der Waals surface area contributed by atoms with Gasteiger partial charge in [0.05, 0.1) is 26.8 Å². The fraction of sp³-hybridized carbons (Fsp3) is 0.111. The molecule has 0 saturated carbocycles. The zero-order valence-electron chi connectivity index (χ0n) is 13.7. The van der Waals surface area contributed by atoms with Gasteiger partial charge in [0.25, 0.3) is 5.91 Å². The fourth-order valence-corrected chi connectivity index (χ4v) is 4.49. The number of thioether (sulfide) groups is 1. The highest BCUT2D eigenvalue weighted by atomic mass is 127. The second-order valence-corrected chi connectivity index (χ2v) is 8.30. The van der Waals surface area contributed by atoms with Crippen LogP contribution >= 0.6 is 46.6 Å². The first-order valence-corrected chi connectivity index (χ1v) is 9.80. The minimum atomic E-state index is -4.49. The largest absolute Gasteiger partial charge is 0.496 e. The van der Waals surface area contributed by atoms with E-state index in [9.17, 15) is 18.0 Å². The average Bonchev–Trinajstić information content (AvgIpc) is 2.88. The number of thiocarbonyl (C=S) groups is 1. The summed E-state index contributed by atoms with van der Waals surface area (Å²) in [7, 11) is 1.57. The highest BCUT2D eigenvalue weighted by Gasteiger charge is 2.36. The summed E-state index contributed by atoms with van der Waals surface area (Å²) in [4.78, 5) is 14.2. The summed E-state index contributed by atoms with van der Waals surface area (Å²) in [5, 5.41) is 0. The average molecular weight is 521 g/mol. The molecule has 0 N–H and O–H groups in total. The van der Waals surface area contributed by atoms with Crippen LogP contribution < -0.4 is 9.64 Å². The van der Waals surface area contributed by atoms with E-state index >= 15 is 0 Å². The summed E-state index contributed by atoms with van der Waals surface area (Å²) in [6.07, 6.45) is -2.83. The first-order chi connectivity index (χ1) is 12.7. The lowest BCUT2D eigenvalue weighted by molar-refractivity contribution is -0.137. The van der Waals surface area contributed by atoms with Crippen molar-refractivity contribution in [2.24, 2.45) is 0 Å². The van der Waals surface area contributed by atoms with Crippen molar-refractivity contribution in [2.75, 3.05) is 12.0 Å². The van der Waals surface area contributed by atoms with Crippen LogP contribution in [-0.2, 0) is 11.0 Å². The molecular weight excluding hydrogens is 510 g/mol. The van der Waals surface area contributed by atoms with Crippen LogP contribution in [0.15, 0.2) is 47.4 Å². The van der Waals surface area contributed by atoms with Gasteiger partial charge in [-0.2, -0.15) is 13.2 Å². The molecule has 1 heterocycles. The van der Waals surface area contributed by atoms with Crippen LogP contribution in [0.4, 0.5) is 18.9 Å². The van der Waals surface area contributed by atoms with Crippen molar-refractivity contribution in [2.45, 2.75) is 6.18 Å². The molecule has 3 nitrogen and oxygen atoms in total. The summed E-state index contributed by atoms with van der Waals surface area (Å²) in [6.45, 7) is 0. The molecule has 1 aliphatic rings. The Labute approximate surface area is 176 Å². The number of nitrogens with zero attached hydrogens (tertiary/aromatic N) is 1. The van der Waals surface area contributed by atoms with Gasteiger partial charge in [-0.25, -0.2) is 0 Å². The molecule has 9 heteroatoms. The summed E-state index contributed by atoms with van der Waals surface area (Å²) in [5.74, 6) is 0.263. The van der Waals surface area contributed by atoms with Crippen molar-refractivity contribution in [3.8, 4) is 5.75 Å². The minimum Gasteiger partial charge on any atom is -0.496 e. The molecular formula is C18H11F3INO2S2. The third kappa shape index (κ3) is 4.30. The zero-order valence-corrected chi connectivity index (χ0v) is 17.5. The van der Waals surface area contributed by atoms with Crippen LogP contribution in [0, 0.1) is 3.57 Å². The Morgan fingerprint density at radius 3 is 2.59 bits per heavy atom. The molecule has 2 aromatic rings. The van der Waals surface area contributed by atoms with Gasteiger partial charge < -0.3 is 4.74 Å². The van der Waals surface area contributed by atoms with Gasteiger partial charge in [0.2, 0.25) is 0 Å². The summed E-state index contributed by atoms with van der Waals surface area (Å²) < 4.78 is 45.1. The van der Waals surface area contributed by atoms with E-state index < -0.39 is 17.6 Å². The Morgan fingerprint density at radius 1 is 1.22 bits per heavy atom. The fourth-order valence-electron chi connectivity index (χ4n) is 2.44. The van der Waals surface area contributed by atoms with E-state index in [2.05, 4.69) is 22.6 Å². The molecule has 0 unspecified atom stereocenters. The first kappa shape index (κ1) is 20.2. The molecule has 0 aromatic heterocycles. The number of benzene rings is 2. The quantitative estimate of drug-likeness (QED) is 0.294. The van der Waals surface area contributed by atoms with Crippen LogP contribution in [-0.4, -0.2) is 17.3 Å². The highest BCUT2D eigenvalue weighted by molar-refractivity contribution is 14.1. The van der Waals surface area contributed by atoms with E-state index in [4.69, 9.17) is 17.0 Å². The molecule has 0 bridgehead atoms. The lowest BCUT2D eigenvalue weighted by Gasteiger charge is -2.16. The molecule has 0 spiro atoms. The highest BCUT2D eigenvalue weighted by Crippen LogP contribution is 2.38. The third-order valence-electron chi connectivity index (χ3n) is 3.70. The molecule has 140 valence electrons. The number of alkyl halides is 3. The van der Waals surface area contributed by atoms with E-state index in [1.807, 2.05) is 6.07 Å². The number of carbonyl (C=O) groups excluding carboxylic acids is 1. The number of halogens is 4. The predicted octanol–water partition coefficient (Wildman–Crippen LogP) is 5.72. The van der Waals surface area contributed by atoms with E-state index in [0.717, 1.165) is 37.9 Å². The molecule has 27 heavy (non-hydrogen) atoms. The minimum absolute atomic E-state index is 0.0973. The molecule has 1 fully saturated rings. The van der Waals surface area contributed by atoms with Crippen LogP contribution in [0.3, 0.4) is 0 Å². The molecule has 3 rings (SSSR count). The molecule has 1 amide bonds. The summed E-state index contributed by atoms with van der Waals surface area (Å²) in [6, 6.07) is 9.97. The SMILES string of the molecule is COc1ccc(/C=C2/SC(=S)N(c3cccc(C(F)(F)F)c3)C2=O)cc1I. The van der Waals surface area contributed by atoms with Crippen molar-refractivity contribution >= 4 is 68.6 Å². The maximum absolute atomic E-state index is 12.9. The van der Waals surface area contributed by atoms with Crippen LogP contribution in [0.1, 0.15) is 11.1 Å². The van der Waals surface area contributed by atoms with Crippen molar-refractivity contribution < 1.29 is 22.7 Å². The lowest BCUT2D eigenvalue weighted by Crippen LogP contribution is -2.27. The van der Waals surface area contributed by atoms with Gasteiger partial charge in [-0.1, -0.05) is 36.1 Å². The first-order valence-electron chi connectivity index (χ1n) is 7.49. The Hall–Kier alpha value is -1.59.